The molecule has 2 rings (SSSR count). The molecule has 0 fully saturated rings. The molecule has 21 heavy (non-hydrogen) atoms. The summed E-state index contributed by atoms with van der Waals surface area (Å²) in [7, 11) is 0. The van der Waals surface area contributed by atoms with Gasteiger partial charge < -0.3 is 14.6 Å². The highest BCUT2D eigenvalue weighted by Crippen LogP contribution is 2.29. The van der Waals surface area contributed by atoms with Gasteiger partial charge in [0.1, 0.15) is 5.76 Å². The maximum Gasteiger partial charge on any atom is 0.416 e. The smallest absolute Gasteiger partial charge is 0.416 e. The van der Waals surface area contributed by atoms with Crippen molar-refractivity contribution in [1.82, 2.24) is 5.16 Å². The topological polar surface area (TPSA) is 64.4 Å². The Bertz CT molecular complexity index is 620. The van der Waals surface area contributed by atoms with Crippen LogP contribution < -0.4 is 10.1 Å². The minimum absolute atomic E-state index is 0.162. The summed E-state index contributed by atoms with van der Waals surface area (Å²) in [4.78, 5) is 11.6. The maximum atomic E-state index is 12.4. The lowest BCUT2D eigenvalue weighted by Gasteiger charge is -2.08. The Morgan fingerprint density at radius 3 is 2.52 bits per heavy atom. The molecule has 1 amide bonds. The number of anilines is 1. The van der Waals surface area contributed by atoms with Gasteiger partial charge in [0.25, 0.3) is 11.8 Å². The highest BCUT2D eigenvalue weighted by atomic mass is 19.4. The van der Waals surface area contributed by atoms with Crippen LogP contribution in [-0.2, 0) is 11.0 Å². The molecule has 0 saturated heterocycles. The first kappa shape index (κ1) is 14.9. The highest BCUT2D eigenvalue weighted by Gasteiger charge is 2.29. The molecule has 0 aliphatic carbocycles. The van der Waals surface area contributed by atoms with E-state index in [9.17, 15) is 18.0 Å². The predicted octanol–water partition coefficient (Wildman–Crippen LogP) is 3.02. The number of rotatable bonds is 4. The van der Waals surface area contributed by atoms with Gasteiger partial charge in [-0.2, -0.15) is 13.2 Å². The number of nitrogens with zero attached hydrogens (tertiary/aromatic N) is 1. The van der Waals surface area contributed by atoms with Crippen LogP contribution in [0.4, 0.5) is 18.9 Å². The van der Waals surface area contributed by atoms with Crippen LogP contribution in [0.3, 0.4) is 0 Å². The monoisotopic (exact) mass is 300 g/mol. The Kier molecular flexibility index (Phi) is 4.15. The molecule has 0 aliphatic heterocycles. The number of halogens is 3. The molecule has 0 atom stereocenters. The minimum atomic E-state index is -4.41. The van der Waals surface area contributed by atoms with Gasteiger partial charge in [-0.3, -0.25) is 4.79 Å². The van der Waals surface area contributed by atoms with Crippen molar-refractivity contribution in [3.63, 3.8) is 0 Å². The highest BCUT2D eigenvalue weighted by molar-refractivity contribution is 5.91. The number of ether oxygens (including phenoxy) is 1. The molecule has 0 saturated carbocycles. The van der Waals surface area contributed by atoms with E-state index in [4.69, 9.17) is 9.26 Å². The number of nitrogens with one attached hydrogen (secondary N) is 1. The molecule has 5 nitrogen and oxygen atoms in total. The van der Waals surface area contributed by atoms with Crippen LogP contribution in [-0.4, -0.2) is 17.7 Å². The second-order valence-corrected chi connectivity index (χ2v) is 4.19. The summed E-state index contributed by atoms with van der Waals surface area (Å²) in [5.74, 6) is 0.179. The molecule has 1 N–H and O–H groups in total. The lowest BCUT2D eigenvalue weighted by Crippen LogP contribution is -2.20. The summed E-state index contributed by atoms with van der Waals surface area (Å²) in [6, 6.07) is 5.61. The molecule has 0 spiro atoms. The normalized spacial score (nSPS) is 11.2. The van der Waals surface area contributed by atoms with Gasteiger partial charge >= 0.3 is 6.18 Å². The van der Waals surface area contributed by atoms with Crippen LogP contribution in [0.1, 0.15) is 11.3 Å². The molecular formula is C13H11F3N2O3. The van der Waals surface area contributed by atoms with Crippen molar-refractivity contribution in [1.29, 1.82) is 0 Å². The Balaban J connectivity index is 1.88. The zero-order valence-corrected chi connectivity index (χ0v) is 10.9. The van der Waals surface area contributed by atoms with Crippen LogP contribution in [0.25, 0.3) is 0 Å². The molecule has 2 aromatic rings. The van der Waals surface area contributed by atoms with Crippen LogP contribution in [0.2, 0.25) is 0 Å². The quantitative estimate of drug-likeness (QED) is 0.942. The summed E-state index contributed by atoms with van der Waals surface area (Å²) in [5.41, 5.74) is -0.539. The third-order valence-electron chi connectivity index (χ3n) is 2.45. The Morgan fingerprint density at radius 1 is 1.33 bits per heavy atom. The van der Waals surface area contributed by atoms with Gasteiger partial charge in [-0.05, 0) is 36.3 Å². The predicted molar refractivity (Wildman–Crippen MR) is 66.8 cm³/mol. The fraction of sp³-hybridized carbons (Fsp3) is 0.231. The van der Waals surface area contributed by atoms with Crippen molar-refractivity contribution < 1.29 is 27.2 Å². The summed E-state index contributed by atoms with van der Waals surface area (Å²) in [6.45, 7) is 1.34. The lowest BCUT2D eigenvalue weighted by atomic mass is 10.2. The Labute approximate surface area is 117 Å². The van der Waals surface area contributed by atoms with E-state index in [-0.39, 0.29) is 18.2 Å². The zero-order chi connectivity index (χ0) is 15.5. The number of amides is 1. The molecule has 1 aromatic heterocycles. The molecule has 1 heterocycles. The number of hydrogen-bond donors (Lipinski definition) is 1. The van der Waals surface area contributed by atoms with E-state index < -0.39 is 17.6 Å². The van der Waals surface area contributed by atoms with Gasteiger partial charge in [0.15, 0.2) is 6.61 Å². The molecule has 0 bridgehead atoms. The first-order chi connectivity index (χ1) is 9.84. The van der Waals surface area contributed by atoms with E-state index >= 15 is 0 Å². The molecule has 8 heteroatoms. The third-order valence-corrected chi connectivity index (χ3v) is 2.45. The lowest BCUT2D eigenvalue weighted by molar-refractivity contribution is -0.137. The van der Waals surface area contributed by atoms with E-state index in [0.29, 0.717) is 5.76 Å². The number of benzene rings is 1. The van der Waals surface area contributed by atoms with Crippen LogP contribution in [0.15, 0.2) is 34.9 Å². The van der Waals surface area contributed by atoms with E-state index in [1.54, 1.807) is 6.92 Å². The number of aromatic nitrogens is 1. The van der Waals surface area contributed by atoms with Gasteiger partial charge in [0, 0.05) is 11.8 Å². The summed E-state index contributed by atoms with van der Waals surface area (Å²) >= 11 is 0. The number of alkyl halides is 3. The number of hydrogen-bond acceptors (Lipinski definition) is 4. The van der Waals surface area contributed by atoms with Crippen molar-refractivity contribution in [3.05, 3.63) is 41.7 Å². The van der Waals surface area contributed by atoms with E-state index in [0.717, 1.165) is 12.1 Å². The maximum absolute atomic E-state index is 12.4. The average molecular weight is 300 g/mol. The fourth-order valence-corrected chi connectivity index (χ4v) is 1.49. The van der Waals surface area contributed by atoms with Crippen molar-refractivity contribution in [2.24, 2.45) is 0 Å². The first-order valence-corrected chi connectivity index (χ1v) is 5.88. The molecular weight excluding hydrogens is 289 g/mol. The average Bonchev–Trinajstić information content (AvgIpc) is 2.82. The van der Waals surface area contributed by atoms with Gasteiger partial charge in [0.05, 0.1) is 5.56 Å². The van der Waals surface area contributed by atoms with Gasteiger partial charge in [-0.25, -0.2) is 0 Å². The van der Waals surface area contributed by atoms with Gasteiger partial charge in [0.2, 0.25) is 0 Å². The van der Waals surface area contributed by atoms with E-state index in [1.807, 2.05) is 0 Å². The van der Waals surface area contributed by atoms with Crippen molar-refractivity contribution >= 4 is 11.6 Å². The number of carbonyl (C=O) groups is 1. The van der Waals surface area contributed by atoms with Crippen molar-refractivity contribution in [3.8, 4) is 5.88 Å². The van der Waals surface area contributed by atoms with Gasteiger partial charge in [-0.1, -0.05) is 0 Å². The summed E-state index contributed by atoms with van der Waals surface area (Å²) < 4.78 is 46.9. The number of carbonyl (C=O) groups excluding carboxylic acids is 1. The van der Waals surface area contributed by atoms with Crippen LogP contribution in [0, 0.1) is 6.92 Å². The molecule has 0 unspecified atom stereocenters. The van der Waals surface area contributed by atoms with Crippen LogP contribution in [0.5, 0.6) is 5.88 Å². The Morgan fingerprint density at radius 2 is 2.00 bits per heavy atom. The first-order valence-electron chi connectivity index (χ1n) is 5.88. The summed E-state index contributed by atoms with van der Waals surface area (Å²) in [5, 5.41) is 5.94. The largest absolute Gasteiger partial charge is 0.465 e. The second kappa shape index (κ2) is 5.86. The van der Waals surface area contributed by atoms with Crippen LogP contribution >= 0.6 is 0 Å². The molecule has 0 radical (unpaired) electrons. The van der Waals surface area contributed by atoms with E-state index in [1.165, 1.54) is 18.2 Å². The summed E-state index contributed by atoms with van der Waals surface area (Å²) in [6.07, 6.45) is -4.41. The Hall–Kier alpha value is -2.51. The third kappa shape index (κ3) is 4.23. The molecule has 0 aliphatic rings. The van der Waals surface area contributed by atoms with Crippen molar-refractivity contribution in [2.75, 3.05) is 11.9 Å². The zero-order valence-electron chi connectivity index (χ0n) is 10.9. The number of aryl methyl sites for hydroxylation is 1. The molecule has 112 valence electrons. The second-order valence-electron chi connectivity index (χ2n) is 4.19. The van der Waals surface area contributed by atoms with E-state index in [2.05, 4.69) is 10.5 Å². The van der Waals surface area contributed by atoms with Gasteiger partial charge in [-0.15, -0.1) is 0 Å². The van der Waals surface area contributed by atoms with Crippen molar-refractivity contribution in [2.45, 2.75) is 13.1 Å². The SMILES string of the molecule is Cc1cc(OCC(=O)Nc2ccc(C(F)(F)F)cc2)no1. The molecule has 1 aromatic carbocycles. The fourth-order valence-electron chi connectivity index (χ4n) is 1.49. The minimum Gasteiger partial charge on any atom is -0.465 e. The standard InChI is InChI=1S/C13H11F3N2O3/c1-8-6-12(18-21-8)20-7-11(19)17-10-4-2-9(3-5-10)13(14,15)16/h2-6H,7H2,1H3,(H,17,19).